The molecule has 0 saturated carbocycles. The van der Waals surface area contributed by atoms with Crippen LogP contribution in [-0.4, -0.2) is 19.9 Å². The van der Waals surface area contributed by atoms with Gasteiger partial charge in [-0.3, -0.25) is 0 Å². The van der Waals surface area contributed by atoms with Gasteiger partial charge in [0, 0.05) is 27.8 Å². The van der Waals surface area contributed by atoms with Gasteiger partial charge in [-0.05, 0) is 58.3 Å². The van der Waals surface area contributed by atoms with Gasteiger partial charge in [0.15, 0.2) is 5.82 Å². The maximum atomic E-state index is 9.43. The number of fused-ring (bicyclic) bond motifs is 2. The van der Waals surface area contributed by atoms with Gasteiger partial charge in [-0.15, -0.1) is 0 Å². The number of hydrogen-bond donors (Lipinski definition) is 0. The molecule has 7 aromatic carbocycles. The molecule has 0 aliphatic rings. The van der Waals surface area contributed by atoms with Crippen molar-refractivity contribution in [1.29, 1.82) is 5.26 Å². The molecule has 0 bridgehead atoms. The average molecular weight is 664 g/mol. The van der Waals surface area contributed by atoms with Crippen molar-refractivity contribution in [2.24, 2.45) is 0 Å². The Bertz CT molecular complexity index is 2730. The van der Waals surface area contributed by atoms with Crippen LogP contribution in [0.4, 0.5) is 0 Å². The Morgan fingerprint density at radius 1 is 0.365 bits per heavy atom. The molecule has 5 nitrogen and oxygen atoms in total. The molecule has 2 heterocycles. The Morgan fingerprint density at radius 3 is 1.52 bits per heavy atom. The van der Waals surface area contributed by atoms with Gasteiger partial charge in [-0.1, -0.05) is 140 Å². The molecular formula is C47H29N5. The molecule has 52 heavy (non-hydrogen) atoms. The summed E-state index contributed by atoms with van der Waals surface area (Å²) in [6.45, 7) is 0. The molecule has 0 spiro atoms. The van der Waals surface area contributed by atoms with Crippen LogP contribution in [-0.2, 0) is 0 Å². The third-order valence-electron chi connectivity index (χ3n) is 9.34. The highest BCUT2D eigenvalue weighted by atomic mass is 14.9. The van der Waals surface area contributed by atoms with E-state index in [-0.39, 0.29) is 0 Å². The maximum Gasteiger partial charge on any atom is 0.161 e. The first-order valence-corrected chi connectivity index (χ1v) is 17.1. The third-order valence-corrected chi connectivity index (χ3v) is 9.34. The van der Waals surface area contributed by atoms with Crippen LogP contribution in [0.3, 0.4) is 0 Å². The topological polar surface area (TPSA) is 75.3 Å². The van der Waals surface area contributed by atoms with E-state index in [4.69, 9.17) is 19.9 Å². The Morgan fingerprint density at radius 2 is 0.885 bits per heavy atom. The normalized spacial score (nSPS) is 11.1. The van der Waals surface area contributed by atoms with E-state index < -0.39 is 0 Å². The van der Waals surface area contributed by atoms with E-state index in [1.165, 1.54) is 0 Å². The lowest BCUT2D eigenvalue weighted by Gasteiger charge is -2.16. The first-order valence-electron chi connectivity index (χ1n) is 17.1. The van der Waals surface area contributed by atoms with Gasteiger partial charge in [0.2, 0.25) is 0 Å². The van der Waals surface area contributed by atoms with Crippen LogP contribution in [0, 0.1) is 11.3 Å². The number of para-hydroxylation sites is 2. The van der Waals surface area contributed by atoms with Gasteiger partial charge < -0.3 is 0 Å². The van der Waals surface area contributed by atoms with E-state index in [2.05, 4.69) is 97.1 Å². The van der Waals surface area contributed by atoms with Gasteiger partial charge in [-0.2, -0.15) is 5.26 Å². The fraction of sp³-hybridized carbons (Fsp3) is 0. The molecule has 5 heteroatoms. The summed E-state index contributed by atoms with van der Waals surface area (Å²) < 4.78 is 0. The molecule has 242 valence electrons. The summed E-state index contributed by atoms with van der Waals surface area (Å²) in [7, 11) is 0. The zero-order chi connectivity index (χ0) is 34.9. The van der Waals surface area contributed by atoms with Gasteiger partial charge >= 0.3 is 0 Å². The Hall–Kier alpha value is -7.29. The van der Waals surface area contributed by atoms with Crippen molar-refractivity contribution in [3.05, 3.63) is 181 Å². The summed E-state index contributed by atoms with van der Waals surface area (Å²) in [6.07, 6.45) is 0. The lowest BCUT2D eigenvalue weighted by molar-refractivity contribution is 1.19. The zero-order valence-electron chi connectivity index (χ0n) is 28.0. The number of benzene rings is 7. The molecule has 0 fully saturated rings. The molecule has 0 radical (unpaired) electrons. The smallest absolute Gasteiger partial charge is 0.161 e. The molecule has 0 unspecified atom stereocenters. The summed E-state index contributed by atoms with van der Waals surface area (Å²) in [5.74, 6) is 0.656. The van der Waals surface area contributed by atoms with Gasteiger partial charge in [0.05, 0.1) is 45.4 Å². The van der Waals surface area contributed by atoms with E-state index in [1.54, 1.807) is 0 Å². The predicted molar refractivity (Wildman–Crippen MR) is 210 cm³/mol. The van der Waals surface area contributed by atoms with Crippen LogP contribution < -0.4 is 0 Å². The molecule has 0 amide bonds. The molecule has 0 aliphatic heterocycles. The van der Waals surface area contributed by atoms with E-state index in [1.807, 2.05) is 84.9 Å². The van der Waals surface area contributed by atoms with Gasteiger partial charge in [-0.25, -0.2) is 19.9 Å². The highest BCUT2D eigenvalue weighted by Gasteiger charge is 2.19. The lowest BCUT2D eigenvalue weighted by Crippen LogP contribution is -1.99. The van der Waals surface area contributed by atoms with Crippen LogP contribution >= 0.6 is 0 Å². The summed E-state index contributed by atoms with van der Waals surface area (Å²) in [5, 5.41) is 11.5. The van der Waals surface area contributed by atoms with Crippen molar-refractivity contribution in [1.82, 2.24) is 19.9 Å². The van der Waals surface area contributed by atoms with Crippen LogP contribution in [0.5, 0.6) is 0 Å². The molecule has 0 saturated heterocycles. The monoisotopic (exact) mass is 663 g/mol. The Balaban J connectivity index is 1.22. The molecule has 0 aliphatic carbocycles. The summed E-state index contributed by atoms with van der Waals surface area (Å²) in [5.41, 5.74) is 12.5. The van der Waals surface area contributed by atoms with E-state index in [0.717, 1.165) is 83.5 Å². The van der Waals surface area contributed by atoms with Crippen LogP contribution in [0.2, 0.25) is 0 Å². The average Bonchev–Trinajstić information content (AvgIpc) is 3.23. The Labute approximate surface area is 301 Å². The minimum absolute atomic E-state index is 0.632. The molecule has 9 aromatic rings. The SMILES string of the molecule is N#Cc1cccc(-c2ccc(-c3nc4ccccc4nc3-c3ccc(-c4nc(-c5ccccc5)cc(-c5ccccc5)n4)c4ccccc34)cc2)c1. The maximum absolute atomic E-state index is 9.43. The fourth-order valence-corrected chi connectivity index (χ4v) is 6.76. The number of hydrogen-bond acceptors (Lipinski definition) is 5. The fourth-order valence-electron chi connectivity index (χ4n) is 6.76. The molecule has 0 N–H and O–H groups in total. The van der Waals surface area contributed by atoms with E-state index in [9.17, 15) is 5.26 Å². The lowest BCUT2D eigenvalue weighted by atomic mass is 9.94. The van der Waals surface area contributed by atoms with Gasteiger partial charge in [0.25, 0.3) is 0 Å². The zero-order valence-corrected chi connectivity index (χ0v) is 28.0. The summed E-state index contributed by atoms with van der Waals surface area (Å²) in [6, 6.07) is 61.4. The third kappa shape index (κ3) is 5.75. The number of nitriles is 1. The van der Waals surface area contributed by atoms with Crippen LogP contribution in [0.15, 0.2) is 176 Å². The largest absolute Gasteiger partial charge is 0.244 e. The molecule has 9 rings (SSSR count). The summed E-state index contributed by atoms with van der Waals surface area (Å²) in [4.78, 5) is 20.7. The van der Waals surface area contributed by atoms with Crippen molar-refractivity contribution in [3.8, 4) is 73.6 Å². The van der Waals surface area contributed by atoms with Crippen molar-refractivity contribution in [3.63, 3.8) is 0 Å². The molecule has 0 atom stereocenters. The first-order chi connectivity index (χ1) is 25.7. The van der Waals surface area contributed by atoms with Crippen molar-refractivity contribution >= 4 is 21.8 Å². The van der Waals surface area contributed by atoms with E-state index in [0.29, 0.717) is 11.4 Å². The van der Waals surface area contributed by atoms with Gasteiger partial charge in [0.1, 0.15) is 0 Å². The second kappa shape index (κ2) is 13.2. The molecular weight excluding hydrogens is 635 g/mol. The Kier molecular flexibility index (Phi) is 7.81. The quantitative estimate of drug-likeness (QED) is 0.177. The number of aromatic nitrogens is 4. The van der Waals surface area contributed by atoms with Crippen LogP contribution in [0.25, 0.3) is 89.4 Å². The van der Waals surface area contributed by atoms with Crippen molar-refractivity contribution in [2.75, 3.05) is 0 Å². The first kappa shape index (κ1) is 30.7. The minimum atomic E-state index is 0.632. The molecule has 2 aromatic heterocycles. The second-order valence-corrected chi connectivity index (χ2v) is 12.6. The number of rotatable bonds is 6. The number of nitrogens with zero attached hydrogens (tertiary/aromatic N) is 5. The second-order valence-electron chi connectivity index (χ2n) is 12.6. The van der Waals surface area contributed by atoms with Crippen molar-refractivity contribution < 1.29 is 0 Å². The highest BCUT2D eigenvalue weighted by Crippen LogP contribution is 2.39. The predicted octanol–water partition coefficient (Wildman–Crippen LogP) is 11.4. The van der Waals surface area contributed by atoms with Crippen LogP contribution in [0.1, 0.15) is 5.56 Å². The summed E-state index contributed by atoms with van der Waals surface area (Å²) >= 11 is 0. The van der Waals surface area contributed by atoms with Crippen molar-refractivity contribution in [2.45, 2.75) is 0 Å². The standard InChI is InChI=1S/C47H29N5/c48-30-31-12-11-17-36(28-31)32-22-24-35(25-23-32)45-46(50-42-21-10-9-20-41(42)49-45)39-26-27-40(38-19-8-7-18-37(38)39)47-51-43(33-13-3-1-4-14-33)29-44(52-47)34-15-5-2-6-16-34/h1-29H. The minimum Gasteiger partial charge on any atom is -0.244 e. The van der Waals surface area contributed by atoms with E-state index >= 15 is 0 Å². The highest BCUT2D eigenvalue weighted by molar-refractivity contribution is 6.06.